The second-order valence-corrected chi connectivity index (χ2v) is 5.02. The van der Waals surface area contributed by atoms with Gasteiger partial charge in [0.25, 0.3) is 0 Å². The molecule has 0 unspecified atom stereocenters. The minimum absolute atomic E-state index is 0.326. The van der Waals surface area contributed by atoms with E-state index in [2.05, 4.69) is 20.9 Å². The molecule has 1 aromatic rings. The number of nitriles is 1. The number of carbonyl (C=O) groups is 1. The number of aromatic nitrogens is 2. The Hall–Kier alpha value is -1.87. The van der Waals surface area contributed by atoms with Gasteiger partial charge in [0.2, 0.25) is 0 Å². The van der Waals surface area contributed by atoms with Gasteiger partial charge in [0.05, 0.1) is 19.2 Å². The fraction of sp³-hybridized carbons (Fsp3) is 0.643. The van der Waals surface area contributed by atoms with Crippen molar-refractivity contribution in [3.05, 3.63) is 17.2 Å². The third-order valence-electron chi connectivity index (χ3n) is 3.64. The number of imidazole rings is 1. The summed E-state index contributed by atoms with van der Waals surface area (Å²) in [5.74, 6) is 0.823. The van der Waals surface area contributed by atoms with E-state index in [1.165, 1.54) is 0 Å². The largest absolute Gasteiger partial charge is 0.461 e. The van der Waals surface area contributed by atoms with Gasteiger partial charge < -0.3 is 9.72 Å². The number of ether oxygens (including phenoxy) is 1. The predicted octanol–water partition coefficient (Wildman–Crippen LogP) is 1.60. The van der Waals surface area contributed by atoms with Crippen LogP contribution in [0.5, 0.6) is 0 Å². The van der Waals surface area contributed by atoms with Crippen molar-refractivity contribution in [3.63, 3.8) is 0 Å². The van der Waals surface area contributed by atoms with Crippen LogP contribution < -0.4 is 0 Å². The van der Waals surface area contributed by atoms with Crippen molar-refractivity contribution in [2.45, 2.75) is 32.6 Å². The summed E-state index contributed by atoms with van der Waals surface area (Å²) in [6.45, 7) is 6.25. The number of nitrogens with one attached hydrogen (secondary N) is 1. The summed E-state index contributed by atoms with van der Waals surface area (Å²) in [6, 6.07) is 2.18. The molecule has 0 amide bonds. The van der Waals surface area contributed by atoms with Crippen LogP contribution in [0.4, 0.5) is 0 Å². The maximum atomic E-state index is 11.7. The summed E-state index contributed by atoms with van der Waals surface area (Å²) < 4.78 is 4.99. The van der Waals surface area contributed by atoms with E-state index in [1.54, 1.807) is 6.92 Å². The Bertz CT molecular complexity index is 510. The van der Waals surface area contributed by atoms with Gasteiger partial charge in [-0.25, -0.2) is 9.78 Å². The second-order valence-electron chi connectivity index (χ2n) is 5.02. The second kappa shape index (κ2) is 6.53. The number of rotatable bonds is 4. The van der Waals surface area contributed by atoms with Crippen molar-refractivity contribution in [2.24, 2.45) is 0 Å². The molecule has 108 valence electrons. The fourth-order valence-corrected chi connectivity index (χ4v) is 2.54. The first-order valence-corrected chi connectivity index (χ1v) is 6.98. The van der Waals surface area contributed by atoms with Crippen molar-refractivity contribution >= 4 is 5.97 Å². The zero-order valence-electron chi connectivity index (χ0n) is 12.0. The third kappa shape index (κ3) is 3.17. The molecule has 0 spiro atoms. The first-order chi connectivity index (χ1) is 9.65. The smallest absolute Gasteiger partial charge is 0.358 e. The first kappa shape index (κ1) is 14.5. The van der Waals surface area contributed by atoms with Gasteiger partial charge in [-0.3, -0.25) is 4.90 Å². The van der Waals surface area contributed by atoms with Gasteiger partial charge in [-0.1, -0.05) is 0 Å². The molecule has 0 aromatic carbocycles. The molecule has 0 radical (unpaired) electrons. The zero-order valence-corrected chi connectivity index (χ0v) is 12.0. The van der Waals surface area contributed by atoms with E-state index in [-0.39, 0.29) is 5.97 Å². The van der Waals surface area contributed by atoms with E-state index in [9.17, 15) is 4.79 Å². The van der Waals surface area contributed by atoms with Crippen LogP contribution >= 0.6 is 0 Å². The van der Waals surface area contributed by atoms with Crippen LogP contribution in [0.15, 0.2) is 0 Å². The number of nitrogens with zero attached hydrogens (tertiary/aromatic N) is 3. The minimum atomic E-state index is -0.366. The Balaban J connectivity index is 2.02. The molecule has 0 bridgehead atoms. The Morgan fingerprint density at radius 2 is 2.25 bits per heavy atom. The maximum Gasteiger partial charge on any atom is 0.358 e. The van der Waals surface area contributed by atoms with Gasteiger partial charge in [0, 0.05) is 11.6 Å². The van der Waals surface area contributed by atoms with Crippen LogP contribution in [0.2, 0.25) is 0 Å². The molecule has 1 aromatic heterocycles. The quantitative estimate of drug-likeness (QED) is 0.667. The van der Waals surface area contributed by atoms with Crippen LogP contribution in [-0.4, -0.2) is 47.1 Å². The minimum Gasteiger partial charge on any atom is -0.461 e. The molecule has 1 aliphatic rings. The lowest BCUT2D eigenvalue weighted by atomic mass is 9.96. The molecule has 0 saturated carbocycles. The summed E-state index contributed by atoms with van der Waals surface area (Å²) in [5.41, 5.74) is 1.15. The first-order valence-electron chi connectivity index (χ1n) is 6.98. The van der Waals surface area contributed by atoms with Gasteiger partial charge in [-0.2, -0.15) is 5.26 Å². The molecule has 1 aliphatic heterocycles. The molecule has 1 fully saturated rings. The Morgan fingerprint density at radius 1 is 1.55 bits per heavy atom. The maximum absolute atomic E-state index is 11.7. The van der Waals surface area contributed by atoms with Gasteiger partial charge in [-0.05, 0) is 39.8 Å². The van der Waals surface area contributed by atoms with Gasteiger partial charge in [-0.15, -0.1) is 0 Å². The van der Waals surface area contributed by atoms with Crippen LogP contribution in [0.3, 0.4) is 0 Å². The van der Waals surface area contributed by atoms with Crippen LogP contribution in [-0.2, 0) is 4.74 Å². The molecule has 1 saturated heterocycles. The standard InChI is InChI=1S/C14H20N4O2/c1-3-20-14(19)12-10(2)16-13(17-12)11-4-7-18(8-5-11)9-6-15/h11H,3-5,7-9H2,1-2H3,(H,16,17). The lowest BCUT2D eigenvalue weighted by molar-refractivity contribution is 0.0519. The van der Waals surface area contributed by atoms with Gasteiger partial charge in [0.1, 0.15) is 5.82 Å². The van der Waals surface area contributed by atoms with E-state index < -0.39 is 0 Å². The summed E-state index contributed by atoms with van der Waals surface area (Å²) in [6.07, 6.45) is 1.91. The number of aromatic amines is 1. The summed E-state index contributed by atoms with van der Waals surface area (Å²) in [5, 5.41) is 8.69. The number of piperidine rings is 1. The number of esters is 1. The average molecular weight is 276 g/mol. The van der Waals surface area contributed by atoms with Crippen molar-refractivity contribution in [1.82, 2.24) is 14.9 Å². The van der Waals surface area contributed by atoms with E-state index in [1.807, 2.05) is 6.92 Å². The van der Waals surface area contributed by atoms with Gasteiger partial charge >= 0.3 is 5.97 Å². The van der Waals surface area contributed by atoms with E-state index in [0.29, 0.717) is 24.8 Å². The number of hydrogen-bond acceptors (Lipinski definition) is 5. The molecule has 1 N–H and O–H groups in total. The Labute approximate surface area is 118 Å². The number of likely N-dealkylation sites (tertiary alicyclic amines) is 1. The molecule has 0 aliphatic carbocycles. The lowest BCUT2D eigenvalue weighted by Crippen LogP contribution is -2.33. The topological polar surface area (TPSA) is 82.0 Å². The molecule has 2 heterocycles. The molecule has 2 rings (SSSR count). The molecule has 20 heavy (non-hydrogen) atoms. The van der Waals surface area contributed by atoms with Gasteiger partial charge in [0.15, 0.2) is 5.69 Å². The Kier molecular flexibility index (Phi) is 4.74. The summed E-state index contributed by atoms with van der Waals surface area (Å²) >= 11 is 0. The van der Waals surface area contributed by atoms with Crippen molar-refractivity contribution in [3.8, 4) is 6.07 Å². The van der Waals surface area contributed by atoms with Crippen LogP contribution in [0.1, 0.15) is 47.7 Å². The molecular formula is C14H20N4O2. The molecule has 6 heteroatoms. The van der Waals surface area contributed by atoms with Crippen LogP contribution in [0.25, 0.3) is 0 Å². The zero-order chi connectivity index (χ0) is 14.5. The average Bonchev–Trinajstić information content (AvgIpc) is 2.82. The van der Waals surface area contributed by atoms with Crippen molar-refractivity contribution in [2.75, 3.05) is 26.2 Å². The lowest BCUT2D eigenvalue weighted by Gasteiger charge is -2.29. The monoisotopic (exact) mass is 276 g/mol. The van der Waals surface area contributed by atoms with Crippen LogP contribution in [0, 0.1) is 18.3 Å². The van der Waals surface area contributed by atoms with E-state index in [4.69, 9.17) is 10.00 Å². The third-order valence-corrected chi connectivity index (χ3v) is 3.64. The van der Waals surface area contributed by atoms with E-state index in [0.717, 1.165) is 37.4 Å². The number of H-pyrrole nitrogens is 1. The fourth-order valence-electron chi connectivity index (χ4n) is 2.54. The Morgan fingerprint density at radius 3 is 2.85 bits per heavy atom. The number of carbonyl (C=O) groups excluding carboxylic acids is 1. The highest BCUT2D eigenvalue weighted by molar-refractivity contribution is 5.88. The number of aryl methyl sites for hydroxylation is 1. The van der Waals surface area contributed by atoms with Crippen molar-refractivity contribution in [1.29, 1.82) is 5.26 Å². The highest BCUT2D eigenvalue weighted by Gasteiger charge is 2.25. The van der Waals surface area contributed by atoms with Crippen molar-refractivity contribution < 1.29 is 9.53 Å². The molecule has 6 nitrogen and oxygen atoms in total. The van der Waals surface area contributed by atoms with E-state index >= 15 is 0 Å². The SMILES string of the molecule is CCOC(=O)c1nc(C2CCN(CC#N)CC2)[nH]c1C. The summed E-state index contributed by atoms with van der Waals surface area (Å²) in [7, 11) is 0. The summed E-state index contributed by atoms with van der Waals surface area (Å²) in [4.78, 5) is 21.5. The highest BCUT2D eigenvalue weighted by Crippen LogP contribution is 2.26. The predicted molar refractivity (Wildman–Crippen MR) is 73.3 cm³/mol. The normalized spacial score (nSPS) is 16.9. The molecule has 0 atom stereocenters. The molecular weight excluding hydrogens is 256 g/mol. The highest BCUT2D eigenvalue weighted by atomic mass is 16.5. The number of hydrogen-bond donors (Lipinski definition) is 1.